The molecule has 17 heavy (non-hydrogen) atoms. The average molecular weight is 363 g/mol. The zero-order chi connectivity index (χ0) is 13.0. The standard InChI is InChI=1S/C13H17Br2NO/c1-8(2)10(7-16)4-9-5-11(14)6-12(15)13(9)17-3/h4-6,8H,7,16H2,1-3H3. The third-order valence-electron chi connectivity index (χ3n) is 2.56. The van der Waals surface area contributed by atoms with Crippen LogP contribution >= 0.6 is 31.9 Å². The second kappa shape index (κ2) is 6.57. The number of rotatable bonds is 4. The second-order valence-electron chi connectivity index (χ2n) is 4.09. The van der Waals surface area contributed by atoms with Gasteiger partial charge in [0.1, 0.15) is 5.75 Å². The monoisotopic (exact) mass is 361 g/mol. The summed E-state index contributed by atoms with van der Waals surface area (Å²) in [5.41, 5.74) is 7.99. The van der Waals surface area contributed by atoms with Crippen LogP contribution in [0.25, 0.3) is 6.08 Å². The number of nitrogens with two attached hydrogens (primary N) is 1. The average Bonchev–Trinajstić information content (AvgIpc) is 2.24. The van der Waals surface area contributed by atoms with Gasteiger partial charge in [-0.15, -0.1) is 0 Å². The van der Waals surface area contributed by atoms with Crippen LogP contribution in [-0.2, 0) is 0 Å². The lowest BCUT2D eigenvalue weighted by molar-refractivity contribution is 0.411. The Kier molecular flexibility index (Phi) is 5.70. The van der Waals surface area contributed by atoms with Crippen molar-refractivity contribution in [3.05, 3.63) is 32.2 Å². The van der Waals surface area contributed by atoms with E-state index in [-0.39, 0.29) is 0 Å². The van der Waals surface area contributed by atoms with Crippen LogP contribution in [-0.4, -0.2) is 13.7 Å². The quantitative estimate of drug-likeness (QED) is 0.870. The number of halogens is 2. The molecule has 94 valence electrons. The molecule has 0 unspecified atom stereocenters. The van der Waals surface area contributed by atoms with Gasteiger partial charge in [-0.3, -0.25) is 0 Å². The second-order valence-corrected chi connectivity index (χ2v) is 5.86. The van der Waals surface area contributed by atoms with Gasteiger partial charge in [0.25, 0.3) is 0 Å². The number of hydrogen-bond donors (Lipinski definition) is 1. The van der Waals surface area contributed by atoms with E-state index >= 15 is 0 Å². The fraction of sp³-hybridized carbons (Fsp3) is 0.385. The zero-order valence-corrected chi connectivity index (χ0v) is 13.4. The normalized spacial score (nSPS) is 12.1. The Morgan fingerprint density at radius 2 is 2.06 bits per heavy atom. The highest BCUT2D eigenvalue weighted by Gasteiger charge is 2.09. The smallest absolute Gasteiger partial charge is 0.140 e. The maximum absolute atomic E-state index is 5.76. The minimum absolute atomic E-state index is 0.433. The van der Waals surface area contributed by atoms with E-state index in [1.807, 2.05) is 12.1 Å². The summed E-state index contributed by atoms with van der Waals surface area (Å²) in [6.45, 7) is 4.83. The van der Waals surface area contributed by atoms with E-state index in [4.69, 9.17) is 10.5 Å². The minimum atomic E-state index is 0.433. The summed E-state index contributed by atoms with van der Waals surface area (Å²) in [4.78, 5) is 0. The molecule has 0 aromatic heterocycles. The van der Waals surface area contributed by atoms with Crippen LogP contribution < -0.4 is 10.5 Å². The predicted molar refractivity (Wildman–Crippen MR) is 80.3 cm³/mol. The summed E-state index contributed by atoms with van der Waals surface area (Å²) in [5.74, 6) is 1.27. The van der Waals surface area contributed by atoms with Gasteiger partial charge in [0.05, 0.1) is 11.6 Å². The van der Waals surface area contributed by atoms with E-state index in [0.29, 0.717) is 12.5 Å². The number of ether oxygens (including phenoxy) is 1. The third kappa shape index (κ3) is 3.83. The lowest BCUT2D eigenvalue weighted by atomic mass is 10.00. The molecule has 0 aliphatic heterocycles. The summed E-state index contributed by atoms with van der Waals surface area (Å²) in [6, 6.07) is 4.00. The molecule has 0 fully saturated rings. The Bertz CT molecular complexity index is 428. The van der Waals surface area contributed by atoms with Gasteiger partial charge in [0.15, 0.2) is 0 Å². The van der Waals surface area contributed by atoms with Crippen LogP contribution in [0.1, 0.15) is 19.4 Å². The molecule has 4 heteroatoms. The molecule has 2 nitrogen and oxygen atoms in total. The number of hydrogen-bond acceptors (Lipinski definition) is 2. The van der Waals surface area contributed by atoms with Crippen molar-refractivity contribution in [2.24, 2.45) is 11.7 Å². The van der Waals surface area contributed by atoms with Crippen LogP contribution in [0.4, 0.5) is 0 Å². The van der Waals surface area contributed by atoms with Gasteiger partial charge >= 0.3 is 0 Å². The van der Waals surface area contributed by atoms with Crippen molar-refractivity contribution in [1.29, 1.82) is 0 Å². The topological polar surface area (TPSA) is 35.2 Å². The van der Waals surface area contributed by atoms with Crippen molar-refractivity contribution in [2.75, 3.05) is 13.7 Å². The van der Waals surface area contributed by atoms with E-state index < -0.39 is 0 Å². The molecular formula is C13H17Br2NO. The highest BCUT2D eigenvalue weighted by atomic mass is 79.9. The fourth-order valence-electron chi connectivity index (χ4n) is 1.56. The maximum atomic E-state index is 5.76. The molecule has 2 N–H and O–H groups in total. The summed E-state index contributed by atoms with van der Waals surface area (Å²) < 4.78 is 7.35. The molecular weight excluding hydrogens is 346 g/mol. The minimum Gasteiger partial charge on any atom is -0.495 e. The van der Waals surface area contributed by atoms with Crippen LogP contribution in [0.3, 0.4) is 0 Å². The molecule has 1 rings (SSSR count). The molecule has 1 aromatic carbocycles. The van der Waals surface area contributed by atoms with Gasteiger partial charge < -0.3 is 10.5 Å². The van der Waals surface area contributed by atoms with E-state index in [0.717, 1.165) is 20.3 Å². The number of methoxy groups -OCH3 is 1. The van der Waals surface area contributed by atoms with Gasteiger partial charge in [0.2, 0.25) is 0 Å². The van der Waals surface area contributed by atoms with Gasteiger partial charge in [-0.25, -0.2) is 0 Å². The summed E-state index contributed by atoms with van der Waals surface area (Å²) in [6.07, 6.45) is 2.10. The van der Waals surface area contributed by atoms with Crippen molar-refractivity contribution in [3.63, 3.8) is 0 Å². The van der Waals surface area contributed by atoms with Crippen molar-refractivity contribution in [3.8, 4) is 5.75 Å². The summed E-state index contributed by atoms with van der Waals surface area (Å²) in [7, 11) is 1.67. The van der Waals surface area contributed by atoms with E-state index in [1.54, 1.807) is 7.11 Å². The Balaban J connectivity index is 3.29. The Morgan fingerprint density at radius 3 is 2.53 bits per heavy atom. The van der Waals surface area contributed by atoms with Gasteiger partial charge in [-0.2, -0.15) is 0 Å². The Labute approximate surface area is 119 Å². The molecule has 1 aromatic rings. The summed E-state index contributed by atoms with van der Waals surface area (Å²) in [5, 5.41) is 0. The van der Waals surface area contributed by atoms with Crippen LogP contribution in [0, 0.1) is 5.92 Å². The fourth-order valence-corrected chi connectivity index (χ4v) is 2.98. The molecule has 0 aliphatic rings. The zero-order valence-electron chi connectivity index (χ0n) is 10.3. The first kappa shape index (κ1) is 14.7. The lowest BCUT2D eigenvalue weighted by Gasteiger charge is -2.12. The predicted octanol–water partition coefficient (Wildman–Crippen LogP) is 4.22. The first-order chi connectivity index (χ1) is 7.99. The molecule has 0 saturated heterocycles. The lowest BCUT2D eigenvalue weighted by Crippen LogP contribution is -2.08. The molecule has 0 amide bonds. The first-order valence-corrected chi connectivity index (χ1v) is 7.01. The van der Waals surface area contributed by atoms with E-state index in [1.165, 1.54) is 5.57 Å². The molecule has 0 atom stereocenters. The van der Waals surface area contributed by atoms with Crippen LogP contribution in [0.15, 0.2) is 26.7 Å². The molecule has 0 saturated carbocycles. The molecule has 0 spiro atoms. The van der Waals surface area contributed by atoms with Crippen molar-refractivity contribution in [1.82, 2.24) is 0 Å². The van der Waals surface area contributed by atoms with E-state index in [2.05, 4.69) is 51.8 Å². The van der Waals surface area contributed by atoms with Crippen LogP contribution in [0.5, 0.6) is 5.75 Å². The molecule has 0 aliphatic carbocycles. The van der Waals surface area contributed by atoms with Gasteiger partial charge in [-0.05, 0) is 34.0 Å². The van der Waals surface area contributed by atoms with Gasteiger partial charge in [0, 0.05) is 16.6 Å². The number of benzene rings is 1. The molecule has 0 heterocycles. The van der Waals surface area contributed by atoms with Crippen molar-refractivity contribution < 1.29 is 4.74 Å². The first-order valence-electron chi connectivity index (χ1n) is 5.43. The maximum Gasteiger partial charge on any atom is 0.140 e. The highest BCUT2D eigenvalue weighted by molar-refractivity contribution is 9.11. The third-order valence-corrected chi connectivity index (χ3v) is 3.61. The van der Waals surface area contributed by atoms with Crippen molar-refractivity contribution in [2.45, 2.75) is 13.8 Å². The summed E-state index contributed by atoms with van der Waals surface area (Å²) >= 11 is 6.97. The Morgan fingerprint density at radius 1 is 1.41 bits per heavy atom. The largest absolute Gasteiger partial charge is 0.495 e. The molecule has 0 bridgehead atoms. The SMILES string of the molecule is COc1c(Br)cc(Br)cc1C=C(CN)C(C)C. The van der Waals surface area contributed by atoms with Crippen molar-refractivity contribution >= 4 is 37.9 Å². The molecule has 0 radical (unpaired) electrons. The Hall–Kier alpha value is -0.320. The highest BCUT2D eigenvalue weighted by Crippen LogP contribution is 2.34. The van der Waals surface area contributed by atoms with Gasteiger partial charge in [-0.1, -0.05) is 41.4 Å². The van der Waals surface area contributed by atoms with Crippen LogP contribution in [0.2, 0.25) is 0 Å². The van der Waals surface area contributed by atoms with E-state index in [9.17, 15) is 0 Å².